The van der Waals surface area contributed by atoms with Crippen molar-refractivity contribution in [2.24, 2.45) is 0 Å². The predicted molar refractivity (Wildman–Crippen MR) is 164 cm³/mol. The molecule has 5 aromatic carbocycles. The molecule has 0 saturated heterocycles. The Morgan fingerprint density at radius 1 is 0.625 bits per heavy atom. The normalized spacial score (nSPS) is 12.2. The van der Waals surface area contributed by atoms with Gasteiger partial charge < -0.3 is 0 Å². The molecule has 0 aliphatic rings. The third-order valence-electron chi connectivity index (χ3n) is 6.91. The monoisotopic (exact) mass is 612 g/mol. The van der Waals surface area contributed by atoms with Crippen molar-refractivity contribution in [3.8, 4) is 17.2 Å². The van der Waals surface area contributed by atoms with Gasteiger partial charge in [-0.1, -0.05) is 0 Å². The number of phenolic OH excluding ortho intramolecular Hbond substituents is 2. The molecule has 0 bridgehead atoms. The fourth-order valence-electron chi connectivity index (χ4n) is 4.89. The molecule has 0 aliphatic carbocycles. The molecule has 0 amide bonds. The molecule has 200 valence electrons. The second-order valence-corrected chi connectivity index (χ2v) is 18.3. The number of benzene rings is 5. The summed E-state index contributed by atoms with van der Waals surface area (Å²) in [4.78, 5) is 27.3. The summed E-state index contributed by atoms with van der Waals surface area (Å²) in [6.45, 7) is 0. The number of Topliss-reactive ketones (excluding diaryl/α,β-unsaturated/α-hetero) is 1. The van der Waals surface area contributed by atoms with E-state index in [1.807, 2.05) is 91.0 Å². The zero-order valence-corrected chi connectivity index (χ0v) is 23.8. The third-order valence-corrected chi connectivity index (χ3v) is 16.4. The standard InChI is InChI=1S/C33H26BrO5P/c34-40(25-15-7-2-8-16-25,26-17-9-3-10-18-26,27-19-11-4-12-20-27)23-31(37)28-21-29(35)30(36)22-32(28)39-33(38)24-13-5-1-6-14-24/h1-22,35-36H,23H2. The van der Waals surface area contributed by atoms with Crippen molar-refractivity contribution >= 4 is 48.5 Å². The second-order valence-electron chi connectivity index (χ2n) is 9.36. The van der Waals surface area contributed by atoms with Gasteiger partial charge in [0.1, 0.15) is 0 Å². The van der Waals surface area contributed by atoms with Gasteiger partial charge in [0.05, 0.1) is 0 Å². The molecule has 0 spiro atoms. The molecule has 5 aromatic rings. The van der Waals surface area contributed by atoms with Crippen LogP contribution in [0, 0.1) is 0 Å². The van der Waals surface area contributed by atoms with Gasteiger partial charge in [0.2, 0.25) is 0 Å². The maximum atomic E-state index is 14.4. The fourth-order valence-corrected chi connectivity index (χ4v) is 12.2. The van der Waals surface area contributed by atoms with Crippen molar-refractivity contribution in [1.29, 1.82) is 0 Å². The van der Waals surface area contributed by atoms with Crippen LogP contribution in [0.25, 0.3) is 0 Å². The first-order valence-electron chi connectivity index (χ1n) is 12.6. The summed E-state index contributed by atoms with van der Waals surface area (Å²) in [6.07, 6.45) is -0.0241. The summed E-state index contributed by atoms with van der Waals surface area (Å²) in [5, 5.41) is 19.8. The molecular formula is C33H26BrO5P. The van der Waals surface area contributed by atoms with Gasteiger partial charge in [0.25, 0.3) is 0 Å². The van der Waals surface area contributed by atoms with Crippen molar-refractivity contribution in [2.75, 3.05) is 6.16 Å². The molecule has 0 aromatic heterocycles. The van der Waals surface area contributed by atoms with Crippen molar-refractivity contribution in [2.45, 2.75) is 0 Å². The quantitative estimate of drug-likeness (QED) is 0.0702. The van der Waals surface area contributed by atoms with Crippen LogP contribution in [0.2, 0.25) is 0 Å². The topological polar surface area (TPSA) is 83.8 Å². The summed E-state index contributed by atoms with van der Waals surface area (Å²) < 4.78 is 5.62. The van der Waals surface area contributed by atoms with E-state index < -0.39 is 22.8 Å². The van der Waals surface area contributed by atoms with Crippen LogP contribution in [0.15, 0.2) is 133 Å². The van der Waals surface area contributed by atoms with E-state index >= 15 is 0 Å². The minimum absolute atomic E-state index is 0.0178. The van der Waals surface area contributed by atoms with Gasteiger partial charge in [0, 0.05) is 0 Å². The summed E-state index contributed by atoms with van der Waals surface area (Å²) in [7, 11) is 0. The maximum absolute atomic E-state index is 14.4. The zero-order valence-electron chi connectivity index (χ0n) is 21.4. The number of ketones is 1. The van der Waals surface area contributed by atoms with Crippen molar-refractivity contribution in [1.82, 2.24) is 0 Å². The first-order chi connectivity index (χ1) is 19.3. The first-order valence-corrected chi connectivity index (χ1v) is 17.0. The van der Waals surface area contributed by atoms with Crippen LogP contribution in [0.3, 0.4) is 0 Å². The number of halogens is 1. The Morgan fingerprint density at radius 2 is 1.02 bits per heavy atom. The van der Waals surface area contributed by atoms with Gasteiger partial charge in [-0.05, 0) is 0 Å². The van der Waals surface area contributed by atoms with Crippen molar-refractivity contribution < 1.29 is 24.5 Å². The van der Waals surface area contributed by atoms with Crippen LogP contribution in [-0.4, -0.2) is 28.1 Å². The Kier molecular flexibility index (Phi) is 7.57. The summed E-state index contributed by atoms with van der Waals surface area (Å²) >= 11 is 4.25. The first kappa shape index (κ1) is 27.3. The number of ether oxygens (including phenoxy) is 1. The van der Waals surface area contributed by atoms with Crippen LogP contribution in [0.4, 0.5) is 0 Å². The van der Waals surface area contributed by atoms with Crippen LogP contribution >= 0.6 is 20.8 Å². The third kappa shape index (κ3) is 4.92. The van der Waals surface area contributed by atoms with Crippen LogP contribution in [0.1, 0.15) is 20.7 Å². The number of carbonyl (C=O) groups excluding carboxylic acids is 2. The summed E-state index contributed by atoms with van der Waals surface area (Å²) in [6, 6.07) is 40.0. The van der Waals surface area contributed by atoms with Crippen LogP contribution in [-0.2, 0) is 0 Å². The molecule has 0 aliphatic heterocycles. The average molecular weight is 613 g/mol. The van der Waals surface area contributed by atoms with Gasteiger partial charge in [-0.25, -0.2) is 0 Å². The minimum atomic E-state index is -3.67. The molecule has 0 radical (unpaired) electrons. The molecule has 0 unspecified atom stereocenters. The Balaban J connectivity index is 1.69. The van der Waals surface area contributed by atoms with E-state index in [9.17, 15) is 19.8 Å². The number of phenols is 2. The van der Waals surface area contributed by atoms with Gasteiger partial charge in [-0.15, -0.1) is 0 Å². The number of carbonyl (C=O) groups is 2. The summed E-state index contributed by atoms with van der Waals surface area (Å²) in [5.41, 5.74) is 0.266. The van der Waals surface area contributed by atoms with E-state index in [1.54, 1.807) is 30.3 Å². The summed E-state index contributed by atoms with van der Waals surface area (Å²) in [5.74, 6) is -2.20. The Morgan fingerprint density at radius 3 is 1.48 bits per heavy atom. The molecule has 5 rings (SSSR count). The van der Waals surface area contributed by atoms with Gasteiger partial charge in [-0.2, -0.15) is 0 Å². The zero-order chi connectivity index (χ0) is 28.2. The van der Waals surface area contributed by atoms with Gasteiger partial charge in [-0.3, -0.25) is 0 Å². The van der Waals surface area contributed by atoms with E-state index in [-0.39, 0.29) is 28.8 Å². The predicted octanol–water partition coefficient (Wildman–Crippen LogP) is 6.34. The Labute approximate surface area is 240 Å². The SMILES string of the molecule is O=C(Oc1cc(O)c(O)cc1C(=O)CP(Br)(c1ccccc1)(c1ccccc1)c1ccccc1)c1ccccc1. The van der Waals surface area contributed by atoms with E-state index in [0.717, 1.165) is 28.0 Å². The van der Waals surface area contributed by atoms with Crippen LogP contribution < -0.4 is 20.7 Å². The number of hydrogen-bond donors (Lipinski definition) is 2. The number of aromatic hydroxyl groups is 2. The van der Waals surface area contributed by atoms with Crippen molar-refractivity contribution in [3.05, 3.63) is 145 Å². The Hall–Kier alpha value is -4.25. The van der Waals surface area contributed by atoms with Crippen LogP contribution in [0.5, 0.6) is 17.2 Å². The van der Waals surface area contributed by atoms with E-state index in [0.29, 0.717) is 0 Å². The van der Waals surface area contributed by atoms with Crippen molar-refractivity contribution in [3.63, 3.8) is 0 Å². The average Bonchev–Trinajstić information content (AvgIpc) is 3.00. The molecule has 0 heterocycles. The molecule has 0 saturated carbocycles. The number of esters is 1. The molecule has 0 fully saturated rings. The molecule has 40 heavy (non-hydrogen) atoms. The molecule has 5 nitrogen and oxygen atoms in total. The Bertz CT molecular complexity index is 1560. The second kappa shape index (κ2) is 11.1. The van der Waals surface area contributed by atoms with Gasteiger partial charge in [0.15, 0.2) is 0 Å². The van der Waals surface area contributed by atoms with E-state index in [2.05, 4.69) is 15.5 Å². The van der Waals surface area contributed by atoms with E-state index in [4.69, 9.17) is 4.74 Å². The molecular weight excluding hydrogens is 587 g/mol. The number of hydrogen-bond acceptors (Lipinski definition) is 5. The fraction of sp³-hybridized carbons (Fsp3) is 0.0303. The van der Waals surface area contributed by atoms with Gasteiger partial charge >= 0.3 is 241 Å². The molecule has 7 heteroatoms. The molecule has 2 N–H and O–H groups in total. The van der Waals surface area contributed by atoms with E-state index in [1.165, 1.54) is 0 Å². The number of rotatable bonds is 8. The molecule has 0 atom stereocenters.